The topological polar surface area (TPSA) is 67.1 Å². The molecule has 3 rings (SSSR count). The normalized spacial score (nSPS) is 11.4. The summed E-state index contributed by atoms with van der Waals surface area (Å²) < 4.78 is 1.95. The Balaban J connectivity index is 1.40. The van der Waals surface area contributed by atoms with E-state index in [1.165, 1.54) is 5.56 Å². The Morgan fingerprint density at radius 2 is 1.79 bits per heavy atom. The lowest BCUT2D eigenvalue weighted by molar-refractivity contribution is 0.734. The lowest BCUT2D eigenvalue weighted by atomic mass is 10.1. The van der Waals surface area contributed by atoms with E-state index >= 15 is 0 Å². The molecule has 1 aromatic carbocycles. The van der Waals surface area contributed by atoms with Gasteiger partial charge < -0.3 is 10.6 Å². The van der Waals surface area contributed by atoms with Crippen LogP contribution in [0.15, 0.2) is 65.9 Å². The molecule has 0 aliphatic carbocycles. The molecular weight excluding hydrogens is 348 g/mol. The largest absolute Gasteiger partial charge is 0.356 e. The van der Waals surface area contributed by atoms with Crippen molar-refractivity contribution in [1.29, 1.82) is 0 Å². The van der Waals surface area contributed by atoms with E-state index in [1.54, 1.807) is 7.05 Å². The molecule has 0 aliphatic rings. The van der Waals surface area contributed by atoms with Crippen LogP contribution in [0, 0.1) is 6.92 Å². The van der Waals surface area contributed by atoms with Crippen molar-refractivity contribution >= 4 is 5.96 Å². The number of nitrogens with one attached hydrogen (secondary N) is 2. The molecule has 146 valence electrons. The zero-order valence-electron chi connectivity index (χ0n) is 16.6. The van der Waals surface area contributed by atoms with Crippen LogP contribution < -0.4 is 10.6 Å². The molecule has 0 radical (unpaired) electrons. The predicted molar refractivity (Wildman–Crippen MR) is 114 cm³/mol. The van der Waals surface area contributed by atoms with Crippen molar-refractivity contribution in [2.45, 2.75) is 26.2 Å². The molecular formula is C22H28N6. The second-order valence-corrected chi connectivity index (χ2v) is 6.62. The highest BCUT2D eigenvalue weighted by Crippen LogP contribution is 2.13. The van der Waals surface area contributed by atoms with Gasteiger partial charge in [0.1, 0.15) is 0 Å². The van der Waals surface area contributed by atoms with Crippen molar-refractivity contribution in [3.8, 4) is 5.69 Å². The first-order valence-corrected chi connectivity index (χ1v) is 9.71. The molecule has 0 saturated heterocycles. The maximum atomic E-state index is 4.63. The fourth-order valence-corrected chi connectivity index (χ4v) is 3.02. The minimum atomic E-state index is 0.805. The highest BCUT2D eigenvalue weighted by molar-refractivity contribution is 5.79. The van der Waals surface area contributed by atoms with Crippen molar-refractivity contribution in [2.24, 2.45) is 4.99 Å². The summed E-state index contributed by atoms with van der Waals surface area (Å²) in [6, 6.07) is 16.2. The average molecular weight is 377 g/mol. The van der Waals surface area contributed by atoms with Gasteiger partial charge in [-0.05, 0) is 49.6 Å². The van der Waals surface area contributed by atoms with Gasteiger partial charge in [-0.2, -0.15) is 5.10 Å². The molecule has 6 nitrogen and oxygen atoms in total. The number of rotatable bonds is 8. The van der Waals surface area contributed by atoms with Crippen LogP contribution in [0.5, 0.6) is 0 Å². The number of hydrogen-bond donors (Lipinski definition) is 2. The van der Waals surface area contributed by atoms with Crippen LogP contribution in [0.25, 0.3) is 5.69 Å². The highest BCUT2D eigenvalue weighted by Gasteiger charge is 2.06. The summed E-state index contributed by atoms with van der Waals surface area (Å²) in [6.45, 7) is 3.74. The number of para-hydroxylation sites is 1. The summed E-state index contributed by atoms with van der Waals surface area (Å²) in [6.07, 6.45) is 6.83. The molecule has 0 atom stereocenters. The van der Waals surface area contributed by atoms with Crippen LogP contribution in [0.4, 0.5) is 0 Å². The van der Waals surface area contributed by atoms with E-state index < -0.39 is 0 Å². The summed E-state index contributed by atoms with van der Waals surface area (Å²) in [5, 5.41) is 11.3. The van der Waals surface area contributed by atoms with Gasteiger partial charge in [-0.3, -0.25) is 9.98 Å². The number of aryl methyl sites for hydroxylation is 2. The van der Waals surface area contributed by atoms with E-state index in [0.717, 1.165) is 55.4 Å². The van der Waals surface area contributed by atoms with E-state index in [2.05, 4.69) is 51.0 Å². The SMILES string of the molecule is CN=C(NCCCc1cn(-c2ccccc2)nc1C)NCCc1ccccn1. The lowest BCUT2D eigenvalue weighted by Gasteiger charge is -2.11. The Morgan fingerprint density at radius 1 is 1.00 bits per heavy atom. The number of aliphatic imine (C=N–C) groups is 1. The molecule has 2 heterocycles. The summed E-state index contributed by atoms with van der Waals surface area (Å²) in [5.74, 6) is 0.827. The number of pyridine rings is 1. The van der Waals surface area contributed by atoms with Gasteiger partial charge in [0.15, 0.2) is 5.96 Å². The Morgan fingerprint density at radius 3 is 2.54 bits per heavy atom. The smallest absolute Gasteiger partial charge is 0.190 e. The van der Waals surface area contributed by atoms with Gasteiger partial charge in [0.25, 0.3) is 0 Å². The fraction of sp³-hybridized carbons (Fsp3) is 0.318. The van der Waals surface area contributed by atoms with Crippen LogP contribution in [-0.4, -0.2) is 40.9 Å². The zero-order valence-corrected chi connectivity index (χ0v) is 16.6. The first kappa shape index (κ1) is 19.6. The molecule has 0 bridgehead atoms. The monoisotopic (exact) mass is 376 g/mol. The number of nitrogens with zero attached hydrogens (tertiary/aromatic N) is 4. The average Bonchev–Trinajstić information content (AvgIpc) is 3.12. The maximum Gasteiger partial charge on any atom is 0.190 e. The number of aromatic nitrogens is 3. The molecule has 0 aliphatic heterocycles. The quantitative estimate of drug-likeness (QED) is 0.360. The van der Waals surface area contributed by atoms with Gasteiger partial charge in [-0.15, -0.1) is 0 Å². The van der Waals surface area contributed by atoms with E-state index in [0.29, 0.717) is 0 Å². The Bertz CT molecular complexity index is 871. The van der Waals surface area contributed by atoms with Crippen LogP contribution in [0.3, 0.4) is 0 Å². The van der Waals surface area contributed by atoms with Crippen LogP contribution in [0.1, 0.15) is 23.4 Å². The minimum Gasteiger partial charge on any atom is -0.356 e. The van der Waals surface area contributed by atoms with Crippen molar-refractivity contribution < 1.29 is 0 Å². The van der Waals surface area contributed by atoms with Gasteiger partial charge in [0, 0.05) is 44.6 Å². The van der Waals surface area contributed by atoms with Gasteiger partial charge in [0.05, 0.1) is 11.4 Å². The third-order valence-corrected chi connectivity index (χ3v) is 4.56. The first-order valence-electron chi connectivity index (χ1n) is 9.71. The molecule has 0 fully saturated rings. The van der Waals surface area contributed by atoms with Crippen LogP contribution in [-0.2, 0) is 12.8 Å². The third kappa shape index (κ3) is 5.67. The van der Waals surface area contributed by atoms with Gasteiger partial charge >= 0.3 is 0 Å². The van der Waals surface area contributed by atoms with E-state index in [9.17, 15) is 0 Å². The van der Waals surface area contributed by atoms with Crippen molar-refractivity contribution in [1.82, 2.24) is 25.4 Å². The molecule has 0 spiro atoms. The summed E-state index contributed by atoms with van der Waals surface area (Å²) >= 11 is 0. The van der Waals surface area contributed by atoms with Crippen molar-refractivity contribution in [2.75, 3.05) is 20.1 Å². The molecule has 2 aromatic heterocycles. The molecule has 0 saturated carbocycles. The molecule has 0 unspecified atom stereocenters. The second-order valence-electron chi connectivity index (χ2n) is 6.62. The molecule has 28 heavy (non-hydrogen) atoms. The fourth-order valence-electron chi connectivity index (χ4n) is 3.02. The minimum absolute atomic E-state index is 0.805. The van der Waals surface area contributed by atoms with Crippen LogP contribution in [0.2, 0.25) is 0 Å². The predicted octanol–water partition coefficient (Wildman–Crippen LogP) is 2.92. The molecule has 2 N–H and O–H groups in total. The van der Waals surface area contributed by atoms with E-state index in [4.69, 9.17) is 0 Å². The molecule has 6 heteroatoms. The lowest BCUT2D eigenvalue weighted by Crippen LogP contribution is -2.38. The van der Waals surface area contributed by atoms with Gasteiger partial charge in [-0.1, -0.05) is 24.3 Å². The maximum absolute atomic E-state index is 4.63. The number of benzene rings is 1. The highest BCUT2D eigenvalue weighted by atomic mass is 15.3. The Hall–Kier alpha value is -3.15. The number of hydrogen-bond acceptors (Lipinski definition) is 3. The number of guanidine groups is 1. The second kappa shape index (κ2) is 10.3. The molecule has 0 amide bonds. The van der Waals surface area contributed by atoms with E-state index in [1.807, 2.05) is 47.3 Å². The Labute approximate surface area is 166 Å². The summed E-state index contributed by atoms with van der Waals surface area (Å²) in [4.78, 5) is 8.62. The Kier molecular flexibility index (Phi) is 7.18. The van der Waals surface area contributed by atoms with Gasteiger partial charge in [0.2, 0.25) is 0 Å². The zero-order chi connectivity index (χ0) is 19.6. The standard InChI is InChI=1S/C22H28N6/c1-18-19(17-28(27-18)21-11-4-3-5-12-21)9-8-15-25-22(23-2)26-16-13-20-10-6-7-14-24-20/h3-7,10-12,14,17H,8-9,13,15-16H2,1-2H3,(H2,23,25,26). The van der Waals surface area contributed by atoms with Gasteiger partial charge in [-0.25, -0.2) is 4.68 Å². The molecule has 3 aromatic rings. The van der Waals surface area contributed by atoms with Crippen molar-refractivity contribution in [3.05, 3.63) is 77.9 Å². The van der Waals surface area contributed by atoms with E-state index in [-0.39, 0.29) is 0 Å². The van der Waals surface area contributed by atoms with Crippen LogP contribution >= 0.6 is 0 Å². The van der Waals surface area contributed by atoms with Crippen molar-refractivity contribution in [3.63, 3.8) is 0 Å². The summed E-state index contributed by atoms with van der Waals surface area (Å²) in [5.41, 5.74) is 4.54. The first-order chi connectivity index (χ1) is 13.8. The summed E-state index contributed by atoms with van der Waals surface area (Å²) in [7, 11) is 1.80. The third-order valence-electron chi connectivity index (χ3n) is 4.56.